The lowest BCUT2D eigenvalue weighted by Gasteiger charge is -2.08. The summed E-state index contributed by atoms with van der Waals surface area (Å²) in [6.07, 6.45) is 1.08. The van der Waals surface area contributed by atoms with Crippen LogP contribution in [0.15, 0.2) is 48.5 Å². The van der Waals surface area contributed by atoms with Crippen molar-refractivity contribution in [2.24, 2.45) is 0 Å². The lowest BCUT2D eigenvalue weighted by atomic mass is 10.2. The lowest BCUT2D eigenvalue weighted by Crippen LogP contribution is -2.11. The lowest BCUT2D eigenvalue weighted by molar-refractivity contribution is 0.102. The molecule has 4 heteroatoms. The van der Waals surface area contributed by atoms with Gasteiger partial charge in [-0.15, -0.1) is 0 Å². The zero-order valence-electron chi connectivity index (χ0n) is 12.3. The van der Waals surface area contributed by atoms with Crippen molar-refractivity contribution in [1.29, 1.82) is 0 Å². The van der Waals surface area contributed by atoms with Crippen molar-refractivity contribution in [3.05, 3.63) is 54.1 Å². The van der Waals surface area contributed by atoms with Gasteiger partial charge in [0.2, 0.25) is 0 Å². The Hall–Kier alpha value is -2.49. The fraction of sp³-hybridized carbons (Fsp3) is 0.235. The van der Waals surface area contributed by atoms with Crippen LogP contribution in [0.4, 0.5) is 11.4 Å². The maximum Gasteiger partial charge on any atom is 0.255 e. The summed E-state index contributed by atoms with van der Waals surface area (Å²) < 4.78 is 5.07. The first kappa shape index (κ1) is 14.9. The van der Waals surface area contributed by atoms with Crippen LogP contribution in [0.2, 0.25) is 0 Å². The molecule has 0 unspecified atom stereocenters. The maximum atomic E-state index is 12.1. The van der Waals surface area contributed by atoms with Crippen LogP contribution in [0.5, 0.6) is 5.75 Å². The van der Waals surface area contributed by atoms with Gasteiger partial charge in [-0.3, -0.25) is 4.79 Å². The standard InChI is InChI=1S/C17H20N2O2/c1-3-12-18-14-6-8-15(9-7-14)19-17(20)13-4-10-16(21-2)11-5-13/h4-11,18H,3,12H2,1-2H3,(H,19,20). The van der Waals surface area contributed by atoms with Gasteiger partial charge in [0.25, 0.3) is 5.91 Å². The van der Waals surface area contributed by atoms with Crippen LogP contribution < -0.4 is 15.4 Å². The summed E-state index contributed by atoms with van der Waals surface area (Å²) in [6, 6.07) is 14.7. The number of rotatable bonds is 6. The van der Waals surface area contributed by atoms with Crippen LogP contribution in [0, 0.1) is 0 Å². The number of ether oxygens (including phenoxy) is 1. The fourth-order valence-electron chi connectivity index (χ4n) is 1.89. The molecule has 2 aromatic carbocycles. The quantitative estimate of drug-likeness (QED) is 0.849. The Labute approximate surface area is 125 Å². The zero-order chi connectivity index (χ0) is 15.1. The second kappa shape index (κ2) is 7.33. The fourth-order valence-corrected chi connectivity index (χ4v) is 1.89. The highest BCUT2D eigenvalue weighted by Crippen LogP contribution is 2.16. The van der Waals surface area contributed by atoms with Crippen molar-refractivity contribution >= 4 is 17.3 Å². The van der Waals surface area contributed by atoms with E-state index in [1.807, 2.05) is 24.3 Å². The van der Waals surface area contributed by atoms with E-state index in [0.717, 1.165) is 30.1 Å². The Kier molecular flexibility index (Phi) is 5.21. The van der Waals surface area contributed by atoms with E-state index in [2.05, 4.69) is 17.6 Å². The summed E-state index contributed by atoms with van der Waals surface area (Å²) in [4.78, 5) is 12.1. The van der Waals surface area contributed by atoms with Crippen LogP contribution in [-0.2, 0) is 0 Å². The molecule has 0 saturated heterocycles. The molecule has 0 saturated carbocycles. The molecule has 0 aliphatic heterocycles. The summed E-state index contributed by atoms with van der Waals surface area (Å²) in [5, 5.41) is 6.16. The molecule has 0 heterocycles. The molecule has 0 atom stereocenters. The first-order chi connectivity index (χ1) is 10.2. The minimum absolute atomic E-state index is 0.132. The van der Waals surface area contributed by atoms with Gasteiger partial charge in [0, 0.05) is 23.5 Å². The summed E-state index contributed by atoms with van der Waals surface area (Å²) in [7, 11) is 1.60. The van der Waals surface area contributed by atoms with Gasteiger partial charge in [-0.25, -0.2) is 0 Å². The Morgan fingerprint density at radius 2 is 1.62 bits per heavy atom. The average Bonchev–Trinajstić information content (AvgIpc) is 2.54. The molecule has 0 radical (unpaired) electrons. The van der Waals surface area contributed by atoms with Crippen LogP contribution >= 0.6 is 0 Å². The molecule has 0 aliphatic rings. The number of benzene rings is 2. The van der Waals surface area contributed by atoms with E-state index >= 15 is 0 Å². The highest BCUT2D eigenvalue weighted by atomic mass is 16.5. The van der Waals surface area contributed by atoms with Crippen LogP contribution in [0.3, 0.4) is 0 Å². The Bertz CT molecular complexity index is 577. The number of hydrogen-bond acceptors (Lipinski definition) is 3. The van der Waals surface area contributed by atoms with Crippen molar-refractivity contribution in [2.75, 3.05) is 24.3 Å². The number of carbonyl (C=O) groups is 1. The van der Waals surface area contributed by atoms with Crippen molar-refractivity contribution in [3.8, 4) is 5.75 Å². The molecule has 110 valence electrons. The van der Waals surface area contributed by atoms with E-state index in [9.17, 15) is 4.79 Å². The second-order valence-electron chi connectivity index (χ2n) is 4.69. The molecule has 2 aromatic rings. The molecular weight excluding hydrogens is 264 g/mol. The molecule has 21 heavy (non-hydrogen) atoms. The third-order valence-corrected chi connectivity index (χ3v) is 3.07. The number of nitrogens with one attached hydrogen (secondary N) is 2. The minimum atomic E-state index is -0.132. The van der Waals surface area contributed by atoms with E-state index in [4.69, 9.17) is 4.74 Å². The minimum Gasteiger partial charge on any atom is -0.497 e. The third-order valence-electron chi connectivity index (χ3n) is 3.07. The van der Waals surface area contributed by atoms with Gasteiger partial charge in [-0.05, 0) is 55.0 Å². The molecular formula is C17H20N2O2. The first-order valence-corrected chi connectivity index (χ1v) is 7.02. The average molecular weight is 284 g/mol. The van der Waals surface area contributed by atoms with Gasteiger partial charge in [-0.1, -0.05) is 6.92 Å². The molecule has 2 rings (SSSR count). The van der Waals surface area contributed by atoms with E-state index in [1.54, 1.807) is 31.4 Å². The van der Waals surface area contributed by atoms with Crippen LogP contribution in [-0.4, -0.2) is 19.6 Å². The summed E-state index contributed by atoms with van der Waals surface area (Å²) >= 11 is 0. The molecule has 4 nitrogen and oxygen atoms in total. The van der Waals surface area contributed by atoms with Gasteiger partial charge in [0.05, 0.1) is 7.11 Å². The molecule has 1 amide bonds. The van der Waals surface area contributed by atoms with E-state index < -0.39 is 0 Å². The first-order valence-electron chi connectivity index (χ1n) is 7.02. The maximum absolute atomic E-state index is 12.1. The Morgan fingerprint density at radius 1 is 1.00 bits per heavy atom. The van der Waals surface area contributed by atoms with Gasteiger partial charge in [0.15, 0.2) is 0 Å². The van der Waals surface area contributed by atoms with Gasteiger partial charge >= 0.3 is 0 Å². The largest absolute Gasteiger partial charge is 0.497 e. The molecule has 0 spiro atoms. The van der Waals surface area contributed by atoms with Crippen LogP contribution in [0.1, 0.15) is 23.7 Å². The van der Waals surface area contributed by atoms with E-state index in [0.29, 0.717) is 5.56 Å². The van der Waals surface area contributed by atoms with E-state index in [1.165, 1.54) is 0 Å². The second-order valence-corrected chi connectivity index (χ2v) is 4.69. The highest BCUT2D eigenvalue weighted by molar-refractivity contribution is 6.04. The third kappa shape index (κ3) is 4.24. The molecule has 0 bridgehead atoms. The van der Waals surface area contributed by atoms with E-state index in [-0.39, 0.29) is 5.91 Å². The van der Waals surface area contributed by atoms with Gasteiger partial charge < -0.3 is 15.4 Å². The monoisotopic (exact) mass is 284 g/mol. The molecule has 2 N–H and O–H groups in total. The summed E-state index contributed by atoms with van der Waals surface area (Å²) in [6.45, 7) is 3.06. The molecule has 0 fully saturated rings. The smallest absolute Gasteiger partial charge is 0.255 e. The number of carbonyl (C=O) groups excluding carboxylic acids is 1. The van der Waals surface area contributed by atoms with Gasteiger partial charge in [0.1, 0.15) is 5.75 Å². The van der Waals surface area contributed by atoms with Crippen molar-refractivity contribution in [2.45, 2.75) is 13.3 Å². The topological polar surface area (TPSA) is 50.4 Å². The number of anilines is 2. The summed E-state index contributed by atoms with van der Waals surface area (Å²) in [5.74, 6) is 0.602. The molecule has 0 aliphatic carbocycles. The summed E-state index contributed by atoms with van der Waals surface area (Å²) in [5.41, 5.74) is 2.43. The normalized spacial score (nSPS) is 10.0. The number of amides is 1. The predicted octanol–water partition coefficient (Wildman–Crippen LogP) is 3.77. The number of hydrogen-bond donors (Lipinski definition) is 2. The predicted molar refractivity (Wildman–Crippen MR) is 86.2 cm³/mol. The van der Waals surface area contributed by atoms with Crippen molar-refractivity contribution in [3.63, 3.8) is 0 Å². The number of methoxy groups -OCH3 is 1. The Morgan fingerprint density at radius 3 is 2.19 bits per heavy atom. The zero-order valence-corrected chi connectivity index (χ0v) is 12.3. The highest BCUT2D eigenvalue weighted by Gasteiger charge is 2.06. The van der Waals surface area contributed by atoms with Crippen molar-refractivity contribution < 1.29 is 9.53 Å². The van der Waals surface area contributed by atoms with Crippen LogP contribution in [0.25, 0.3) is 0 Å². The SMILES string of the molecule is CCCNc1ccc(NC(=O)c2ccc(OC)cc2)cc1. The Balaban J connectivity index is 1.98. The van der Waals surface area contributed by atoms with Crippen molar-refractivity contribution in [1.82, 2.24) is 0 Å². The molecule has 0 aromatic heterocycles. The van der Waals surface area contributed by atoms with Gasteiger partial charge in [-0.2, -0.15) is 0 Å².